The molecular formula is C29H39NO4. The number of benzene rings is 1. The fraction of sp³-hybridized carbons (Fsp3) is 0.552. The lowest BCUT2D eigenvalue weighted by Crippen LogP contribution is -2.59. The average Bonchev–Trinajstić information content (AvgIpc) is 3.10. The summed E-state index contributed by atoms with van der Waals surface area (Å²) in [7, 11) is 1.68. The Morgan fingerprint density at radius 2 is 1.88 bits per heavy atom. The molecule has 34 heavy (non-hydrogen) atoms. The molecule has 2 fully saturated rings. The van der Waals surface area contributed by atoms with E-state index in [0.717, 1.165) is 24.0 Å². The van der Waals surface area contributed by atoms with E-state index in [1.165, 1.54) is 0 Å². The number of nitrogens with one attached hydrogen (secondary N) is 1. The first kappa shape index (κ1) is 24.9. The third-order valence-electron chi connectivity index (χ3n) is 8.61. The van der Waals surface area contributed by atoms with Crippen LogP contribution >= 0.6 is 0 Å². The van der Waals surface area contributed by atoms with Crippen molar-refractivity contribution in [2.24, 2.45) is 29.1 Å². The highest BCUT2D eigenvalue weighted by atomic mass is 16.5. The molecule has 0 radical (unpaired) electrons. The Hall–Kier alpha value is -2.21. The lowest BCUT2D eigenvalue weighted by molar-refractivity contribution is -0.147. The highest BCUT2D eigenvalue weighted by Crippen LogP contribution is 2.58. The minimum atomic E-state index is -1.20. The predicted molar refractivity (Wildman–Crippen MR) is 134 cm³/mol. The molecule has 3 N–H and O–H groups in total. The van der Waals surface area contributed by atoms with Crippen LogP contribution in [0.15, 0.2) is 66.8 Å². The maximum absolute atomic E-state index is 13.9. The molecule has 2 aliphatic carbocycles. The molecule has 184 valence electrons. The number of carbonyl (C=O) groups excluding carboxylic acids is 1. The summed E-state index contributed by atoms with van der Waals surface area (Å²) < 4.78 is 5.82. The molecule has 4 rings (SSSR count). The van der Waals surface area contributed by atoms with E-state index in [9.17, 15) is 15.0 Å². The Morgan fingerprint density at radius 3 is 2.56 bits per heavy atom. The van der Waals surface area contributed by atoms with Crippen molar-refractivity contribution in [3.05, 3.63) is 72.4 Å². The second-order valence-electron chi connectivity index (χ2n) is 10.9. The van der Waals surface area contributed by atoms with Crippen LogP contribution in [0.2, 0.25) is 0 Å². The molecule has 5 nitrogen and oxygen atoms in total. The summed E-state index contributed by atoms with van der Waals surface area (Å²) in [5, 5.41) is 26.4. The highest BCUT2D eigenvalue weighted by Gasteiger charge is 2.67. The lowest BCUT2D eigenvalue weighted by Gasteiger charge is -2.51. The molecule has 0 unspecified atom stereocenters. The fourth-order valence-corrected chi connectivity index (χ4v) is 6.74. The number of aliphatic hydroxyl groups excluding tert-OH is 2. The number of aliphatic hydroxyl groups is 2. The molecule has 3 aliphatic rings. The second-order valence-corrected chi connectivity index (χ2v) is 10.9. The molecule has 1 amide bonds. The van der Waals surface area contributed by atoms with Gasteiger partial charge in [0.1, 0.15) is 0 Å². The standard InChI is InChI=1S/C29H39NO4/c1-18-10-9-13-22-26(32)20(3)19(2)25-23(16-21-11-7-6-8-12-21)30-27(33)29(22,25)24(31)14-15-28(4,17-18)34-5/h6-9,11-15,18-19,22-26,31-32H,3,10,16-17H2,1-2,4-5H3,(H,30,33)/b13-9+,15-14+/t18-,19+,22-,23-,24+,25-,26+,28-,29+/m0/s1. The molecule has 1 aromatic carbocycles. The van der Waals surface area contributed by atoms with E-state index in [2.05, 4.69) is 37.0 Å². The van der Waals surface area contributed by atoms with E-state index < -0.39 is 29.1 Å². The molecule has 1 heterocycles. The topological polar surface area (TPSA) is 78.8 Å². The minimum absolute atomic E-state index is 0.145. The number of hydrogen-bond acceptors (Lipinski definition) is 4. The van der Waals surface area contributed by atoms with Gasteiger partial charge in [0, 0.05) is 25.0 Å². The van der Waals surface area contributed by atoms with Gasteiger partial charge in [-0.2, -0.15) is 0 Å². The second kappa shape index (κ2) is 9.44. The number of hydrogen-bond donors (Lipinski definition) is 3. The maximum atomic E-state index is 13.9. The van der Waals surface area contributed by atoms with Gasteiger partial charge in [0.05, 0.1) is 23.2 Å². The van der Waals surface area contributed by atoms with Gasteiger partial charge in [0.25, 0.3) is 0 Å². The first-order chi connectivity index (χ1) is 16.1. The Bertz CT molecular complexity index is 972. The average molecular weight is 466 g/mol. The van der Waals surface area contributed by atoms with Crippen molar-refractivity contribution in [1.29, 1.82) is 0 Å². The van der Waals surface area contributed by atoms with Crippen molar-refractivity contribution >= 4 is 5.91 Å². The molecule has 1 saturated heterocycles. The first-order valence-corrected chi connectivity index (χ1v) is 12.4. The summed E-state index contributed by atoms with van der Waals surface area (Å²) in [6.45, 7) is 10.4. The zero-order valence-electron chi connectivity index (χ0n) is 20.8. The normalized spacial score (nSPS) is 44.4. The van der Waals surface area contributed by atoms with Gasteiger partial charge in [-0.25, -0.2) is 0 Å². The summed E-state index contributed by atoms with van der Waals surface area (Å²) in [6, 6.07) is 9.92. The largest absolute Gasteiger partial charge is 0.388 e. The van der Waals surface area contributed by atoms with Gasteiger partial charge in [0.15, 0.2) is 0 Å². The van der Waals surface area contributed by atoms with Crippen LogP contribution in [-0.2, 0) is 16.0 Å². The van der Waals surface area contributed by atoms with Crippen molar-refractivity contribution in [2.75, 3.05) is 7.11 Å². The van der Waals surface area contributed by atoms with Crippen LogP contribution in [0.4, 0.5) is 0 Å². The predicted octanol–water partition coefficient (Wildman–Crippen LogP) is 3.82. The van der Waals surface area contributed by atoms with Crippen molar-refractivity contribution in [1.82, 2.24) is 5.32 Å². The molecule has 5 heteroatoms. The SMILES string of the molecule is C=C1[C@@H](C)[C@H]2[C@H](Cc3ccccc3)NC(=O)[C@]23[C@H](O)/C=C/[C@](C)(OC)C[C@@H](C)C/C=C/[C@H]3[C@@H]1O. The summed E-state index contributed by atoms with van der Waals surface area (Å²) in [5.74, 6) is -0.805. The molecule has 1 aliphatic heterocycles. The van der Waals surface area contributed by atoms with E-state index in [1.54, 1.807) is 13.2 Å². The summed E-state index contributed by atoms with van der Waals surface area (Å²) in [6.07, 6.45) is 7.91. The number of ether oxygens (including phenoxy) is 1. The monoisotopic (exact) mass is 465 g/mol. The Morgan fingerprint density at radius 1 is 1.18 bits per heavy atom. The van der Waals surface area contributed by atoms with Crippen LogP contribution in [0.3, 0.4) is 0 Å². The van der Waals surface area contributed by atoms with Gasteiger partial charge in [-0.1, -0.05) is 75.1 Å². The van der Waals surface area contributed by atoms with Crippen LogP contribution in [0.25, 0.3) is 0 Å². The molecule has 1 saturated carbocycles. The third kappa shape index (κ3) is 4.08. The first-order valence-electron chi connectivity index (χ1n) is 12.4. The van der Waals surface area contributed by atoms with Gasteiger partial charge in [-0.15, -0.1) is 0 Å². The number of amides is 1. The van der Waals surface area contributed by atoms with E-state index in [1.807, 2.05) is 44.2 Å². The fourth-order valence-electron chi connectivity index (χ4n) is 6.74. The van der Waals surface area contributed by atoms with Crippen LogP contribution in [0.1, 0.15) is 39.2 Å². The van der Waals surface area contributed by atoms with E-state index in [0.29, 0.717) is 12.3 Å². The van der Waals surface area contributed by atoms with Gasteiger partial charge in [0.2, 0.25) is 5.91 Å². The third-order valence-corrected chi connectivity index (χ3v) is 8.61. The molecule has 1 spiro atoms. The van der Waals surface area contributed by atoms with Gasteiger partial charge < -0.3 is 20.3 Å². The highest BCUT2D eigenvalue weighted by molar-refractivity contribution is 5.88. The number of rotatable bonds is 3. The Kier molecular flexibility index (Phi) is 6.92. The van der Waals surface area contributed by atoms with E-state index in [4.69, 9.17) is 4.74 Å². The van der Waals surface area contributed by atoms with E-state index >= 15 is 0 Å². The number of allylic oxidation sites excluding steroid dienone is 1. The van der Waals surface area contributed by atoms with Gasteiger partial charge in [-0.05, 0) is 49.2 Å². The van der Waals surface area contributed by atoms with E-state index in [-0.39, 0.29) is 23.8 Å². The molecule has 0 bridgehead atoms. The van der Waals surface area contributed by atoms with Crippen LogP contribution < -0.4 is 5.32 Å². The van der Waals surface area contributed by atoms with Crippen molar-refractivity contribution < 1.29 is 19.7 Å². The quantitative estimate of drug-likeness (QED) is 0.593. The van der Waals surface area contributed by atoms with Crippen LogP contribution in [-0.4, -0.2) is 47.1 Å². The molecule has 9 atom stereocenters. The Labute approximate surface area is 203 Å². The summed E-state index contributed by atoms with van der Waals surface area (Å²) in [5.41, 5.74) is 0.102. The van der Waals surface area contributed by atoms with Crippen LogP contribution in [0.5, 0.6) is 0 Å². The zero-order valence-corrected chi connectivity index (χ0v) is 20.8. The summed E-state index contributed by atoms with van der Waals surface area (Å²) >= 11 is 0. The minimum Gasteiger partial charge on any atom is -0.388 e. The van der Waals surface area contributed by atoms with Crippen molar-refractivity contribution in [3.63, 3.8) is 0 Å². The summed E-state index contributed by atoms with van der Waals surface area (Å²) in [4.78, 5) is 13.9. The van der Waals surface area contributed by atoms with Crippen molar-refractivity contribution in [3.8, 4) is 0 Å². The van der Waals surface area contributed by atoms with Gasteiger partial charge in [-0.3, -0.25) is 4.79 Å². The molecular weight excluding hydrogens is 426 g/mol. The zero-order chi connectivity index (χ0) is 24.7. The van der Waals surface area contributed by atoms with Gasteiger partial charge >= 0.3 is 0 Å². The lowest BCUT2D eigenvalue weighted by atomic mass is 9.51. The number of methoxy groups -OCH3 is 1. The molecule has 0 aromatic heterocycles. The Balaban J connectivity index is 1.85. The van der Waals surface area contributed by atoms with Crippen molar-refractivity contribution in [2.45, 2.75) is 63.9 Å². The smallest absolute Gasteiger partial charge is 0.230 e. The molecule has 1 aromatic rings. The maximum Gasteiger partial charge on any atom is 0.230 e. The van der Waals surface area contributed by atoms with Crippen LogP contribution in [0, 0.1) is 29.1 Å². The number of carbonyl (C=O) groups is 1.